The molecular weight excluding hydrogens is 270 g/mol. The highest BCUT2D eigenvalue weighted by Gasteiger charge is 2.31. The molecule has 1 atom stereocenters. The van der Waals surface area contributed by atoms with Crippen molar-refractivity contribution in [3.05, 3.63) is 34.9 Å². The highest BCUT2D eigenvalue weighted by molar-refractivity contribution is 5.97. The number of rotatable bonds is 6. The molecule has 2 N–H and O–H groups in total. The van der Waals surface area contributed by atoms with Crippen LogP contribution in [-0.2, 0) is 0 Å². The molecule has 1 amide bonds. The molecule has 0 bridgehead atoms. The molecule has 1 aromatic carbocycles. The predicted molar refractivity (Wildman–Crippen MR) is 78.3 cm³/mol. The highest BCUT2D eigenvalue weighted by Crippen LogP contribution is 2.41. The van der Waals surface area contributed by atoms with Crippen molar-refractivity contribution in [3.63, 3.8) is 0 Å². The van der Waals surface area contributed by atoms with Gasteiger partial charge >= 0.3 is 5.97 Å². The molecule has 1 fully saturated rings. The van der Waals surface area contributed by atoms with Gasteiger partial charge in [0.15, 0.2) is 0 Å². The minimum absolute atomic E-state index is 0.0421. The second-order valence-electron chi connectivity index (χ2n) is 5.66. The van der Waals surface area contributed by atoms with Gasteiger partial charge in [0.1, 0.15) is 0 Å². The van der Waals surface area contributed by atoms with Gasteiger partial charge in [0, 0.05) is 19.2 Å². The Kier molecular flexibility index (Phi) is 4.63. The number of carboxylic acid groups (broad SMARTS) is 1. The molecule has 0 aromatic heterocycles. The average molecular weight is 291 g/mol. The zero-order valence-corrected chi connectivity index (χ0v) is 12.4. The van der Waals surface area contributed by atoms with E-state index in [1.54, 1.807) is 18.0 Å². The SMILES string of the molecule is CCCN(C)C(=O)c1cc(C(=O)O)cc(C(O)C2CC2)c1. The molecule has 5 heteroatoms. The van der Waals surface area contributed by atoms with E-state index in [9.17, 15) is 19.8 Å². The van der Waals surface area contributed by atoms with Crippen molar-refractivity contribution < 1.29 is 19.8 Å². The average Bonchev–Trinajstić information content (AvgIpc) is 3.30. The van der Waals surface area contributed by atoms with Gasteiger partial charge in [0.25, 0.3) is 5.91 Å². The van der Waals surface area contributed by atoms with E-state index in [1.807, 2.05) is 6.92 Å². The number of carboxylic acids is 1. The second-order valence-corrected chi connectivity index (χ2v) is 5.66. The Balaban J connectivity index is 2.35. The van der Waals surface area contributed by atoms with Crippen LogP contribution in [-0.4, -0.2) is 40.6 Å². The number of hydrogen-bond donors (Lipinski definition) is 2. The lowest BCUT2D eigenvalue weighted by Gasteiger charge is -2.18. The Morgan fingerprint density at radius 2 is 1.90 bits per heavy atom. The number of aliphatic hydroxyl groups excluding tert-OH is 1. The first kappa shape index (κ1) is 15.5. The largest absolute Gasteiger partial charge is 0.478 e. The third kappa shape index (κ3) is 3.61. The van der Waals surface area contributed by atoms with Gasteiger partial charge in [-0.25, -0.2) is 4.79 Å². The number of carbonyl (C=O) groups excluding carboxylic acids is 1. The van der Waals surface area contributed by atoms with E-state index in [-0.39, 0.29) is 17.4 Å². The summed E-state index contributed by atoms with van der Waals surface area (Å²) >= 11 is 0. The maximum absolute atomic E-state index is 12.3. The number of nitrogens with zero attached hydrogens (tertiary/aromatic N) is 1. The van der Waals surface area contributed by atoms with Crippen molar-refractivity contribution in [2.75, 3.05) is 13.6 Å². The molecule has 21 heavy (non-hydrogen) atoms. The summed E-state index contributed by atoms with van der Waals surface area (Å²) in [6.45, 7) is 2.58. The minimum Gasteiger partial charge on any atom is -0.478 e. The predicted octanol–water partition coefficient (Wildman–Crippen LogP) is 2.31. The number of amides is 1. The fourth-order valence-corrected chi connectivity index (χ4v) is 2.41. The molecule has 1 unspecified atom stereocenters. The molecule has 1 saturated carbocycles. The van der Waals surface area contributed by atoms with Gasteiger partial charge in [0.2, 0.25) is 0 Å². The lowest BCUT2D eigenvalue weighted by molar-refractivity contribution is 0.0696. The number of carbonyl (C=O) groups is 2. The Hall–Kier alpha value is -1.88. The minimum atomic E-state index is -1.09. The van der Waals surface area contributed by atoms with Gasteiger partial charge < -0.3 is 15.1 Å². The van der Waals surface area contributed by atoms with Gasteiger partial charge in [-0.15, -0.1) is 0 Å². The molecule has 2 rings (SSSR count). The third-order valence-electron chi connectivity index (χ3n) is 3.77. The molecule has 5 nitrogen and oxygen atoms in total. The molecule has 1 aliphatic carbocycles. The van der Waals surface area contributed by atoms with Gasteiger partial charge in [0.05, 0.1) is 11.7 Å². The van der Waals surface area contributed by atoms with Crippen molar-refractivity contribution in [3.8, 4) is 0 Å². The molecular formula is C16H21NO4. The van der Waals surface area contributed by atoms with E-state index in [0.717, 1.165) is 19.3 Å². The lowest BCUT2D eigenvalue weighted by Crippen LogP contribution is -2.27. The van der Waals surface area contributed by atoms with Crippen LogP contribution >= 0.6 is 0 Å². The summed E-state index contributed by atoms with van der Waals surface area (Å²) in [4.78, 5) is 25.1. The Morgan fingerprint density at radius 1 is 1.29 bits per heavy atom. The quantitative estimate of drug-likeness (QED) is 0.843. The van der Waals surface area contributed by atoms with Crippen molar-refractivity contribution in [2.24, 2.45) is 5.92 Å². The number of benzene rings is 1. The zero-order chi connectivity index (χ0) is 15.6. The van der Waals surface area contributed by atoms with Crippen LogP contribution in [0.15, 0.2) is 18.2 Å². The summed E-state index contributed by atoms with van der Waals surface area (Å²) in [6.07, 6.45) is 2.03. The van der Waals surface area contributed by atoms with Crippen LogP contribution in [0.5, 0.6) is 0 Å². The van der Waals surface area contributed by atoms with Gasteiger partial charge in [-0.3, -0.25) is 4.79 Å². The summed E-state index contributed by atoms with van der Waals surface area (Å²) in [7, 11) is 1.69. The molecule has 0 spiro atoms. The van der Waals surface area contributed by atoms with Crippen LogP contribution in [0.4, 0.5) is 0 Å². The monoisotopic (exact) mass is 291 g/mol. The first-order valence-corrected chi connectivity index (χ1v) is 7.25. The van der Waals surface area contributed by atoms with E-state index in [0.29, 0.717) is 17.7 Å². The molecule has 1 aliphatic rings. The first-order chi connectivity index (χ1) is 9.93. The van der Waals surface area contributed by atoms with Crippen molar-refractivity contribution in [1.29, 1.82) is 0 Å². The second kappa shape index (κ2) is 6.26. The molecule has 0 radical (unpaired) electrons. The van der Waals surface area contributed by atoms with Crippen LogP contribution in [0.2, 0.25) is 0 Å². The first-order valence-electron chi connectivity index (χ1n) is 7.25. The van der Waals surface area contributed by atoms with E-state index in [2.05, 4.69) is 0 Å². The van der Waals surface area contributed by atoms with Crippen molar-refractivity contribution in [1.82, 2.24) is 4.90 Å². The topological polar surface area (TPSA) is 77.8 Å². The summed E-state index contributed by atoms with van der Waals surface area (Å²) in [5.41, 5.74) is 0.881. The number of aromatic carboxylic acids is 1. The molecule has 0 heterocycles. The van der Waals surface area contributed by atoms with E-state index in [4.69, 9.17) is 0 Å². The molecule has 0 saturated heterocycles. The van der Waals surface area contributed by atoms with E-state index in [1.165, 1.54) is 12.1 Å². The van der Waals surface area contributed by atoms with Gasteiger partial charge in [-0.1, -0.05) is 6.92 Å². The number of hydrogen-bond acceptors (Lipinski definition) is 3. The maximum Gasteiger partial charge on any atom is 0.335 e. The fraction of sp³-hybridized carbons (Fsp3) is 0.500. The fourth-order valence-electron chi connectivity index (χ4n) is 2.41. The van der Waals surface area contributed by atoms with Crippen LogP contribution in [0, 0.1) is 5.92 Å². The Morgan fingerprint density at radius 3 is 2.43 bits per heavy atom. The Labute approximate surface area is 124 Å². The molecule has 1 aromatic rings. The summed E-state index contributed by atoms with van der Waals surface area (Å²) in [6, 6.07) is 4.45. The lowest BCUT2D eigenvalue weighted by atomic mass is 9.98. The summed E-state index contributed by atoms with van der Waals surface area (Å²) < 4.78 is 0. The number of aliphatic hydroxyl groups is 1. The highest BCUT2D eigenvalue weighted by atomic mass is 16.4. The van der Waals surface area contributed by atoms with Crippen molar-refractivity contribution >= 4 is 11.9 Å². The van der Waals surface area contributed by atoms with Crippen LogP contribution in [0.3, 0.4) is 0 Å². The summed E-state index contributed by atoms with van der Waals surface area (Å²) in [5, 5.41) is 19.4. The standard InChI is InChI=1S/C16H21NO4/c1-3-6-17(2)15(19)12-7-11(14(18)10-4-5-10)8-13(9-12)16(20)21/h7-10,14,18H,3-6H2,1-2H3,(H,20,21). The maximum atomic E-state index is 12.3. The van der Waals surface area contributed by atoms with Gasteiger partial charge in [-0.2, -0.15) is 0 Å². The van der Waals surface area contributed by atoms with E-state index < -0.39 is 12.1 Å². The van der Waals surface area contributed by atoms with Crippen LogP contribution < -0.4 is 0 Å². The normalized spacial score (nSPS) is 15.6. The van der Waals surface area contributed by atoms with E-state index >= 15 is 0 Å². The van der Waals surface area contributed by atoms with Crippen LogP contribution in [0.25, 0.3) is 0 Å². The van der Waals surface area contributed by atoms with Gasteiger partial charge in [-0.05, 0) is 48.9 Å². The zero-order valence-electron chi connectivity index (χ0n) is 12.4. The molecule has 114 valence electrons. The smallest absolute Gasteiger partial charge is 0.335 e. The molecule has 0 aliphatic heterocycles. The third-order valence-corrected chi connectivity index (χ3v) is 3.77. The Bertz CT molecular complexity index is 551. The van der Waals surface area contributed by atoms with Crippen molar-refractivity contribution in [2.45, 2.75) is 32.3 Å². The summed E-state index contributed by atoms with van der Waals surface area (Å²) in [5.74, 6) is -1.12. The van der Waals surface area contributed by atoms with Crippen LogP contribution in [0.1, 0.15) is 58.6 Å².